The highest BCUT2D eigenvalue weighted by Gasteiger charge is 2.10. The first-order valence-electron chi connectivity index (χ1n) is 3.45. The normalized spacial score (nSPS) is 9.83. The second-order valence-corrected chi connectivity index (χ2v) is 3.66. The number of rotatable bonds is 3. The molecular formula is C7H8BrNO2S. The average molecular weight is 250 g/mol. The van der Waals surface area contributed by atoms with Gasteiger partial charge in [-0.2, -0.15) is 0 Å². The van der Waals surface area contributed by atoms with Crippen LogP contribution in [0, 0.1) is 0 Å². The number of thiazole rings is 1. The van der Waals surface area contributed by atoms with Gasteiger partial charge in [-0.1, -0.05) is 15.9 Å². The number of esters is 1. The first kappa shape index (κ1) is 9.67. The van der Waals surface area contributed by atoms with Gasteiger partial charge in [-0.15, -0.1) is 11.3 Å². The molecule has 1 aromatic heterocycles. The van der Waals surface area contributed by atoms with Crippen LogP contribution in [-0.4, -0.2) is 17.6 Å². The summed E-state index contributed by atoms with van der Waals surface area (Å²) in [6.07, 6.45) is 1.67. The third kappa shape index (κ3) is 2.28. The molecule has 0 aromatic carbocycles. The quantitative estimate of drug-likeness (QED) is 0.609. The first-order chi connectivity index (χ1) is 5.77. The summed E-state index contributed by atoms with van der Waals surface area (Å²) in [5, 5.41) is 1.15. The molecule has 5 heteroatoms. The van der Waals surface area contributed by atoms with Crippen molar-refractivity contribution in [3.8, 4) is 0 Å². The van der Waals surface area contributed by atoms with Crippen LogP contribution in [0.25, 0.3) is 0 Å². The zero-order valence-electron chi connectivity index (χ0n) is 6.54. The zero-order valence-corrected chi connectivity index (χ0v) is 8.94. The molecule has 0 N–H and O–H groups in total. The summed E-state index contributed by atoms with van der Waals surface area (Å²) in [7, 11) is 0. The minimum absolute atomic E-state index is 0.338. The molecule has 1 aromatic rings. The Bertz CT molecular complexity index is 274. The van der Waals surface area contributed by atoms with E-state index >= 15 is 0 Å². The van der Waals surface area contributed by atoms with Gasteiger partial charge in [0.15, 0.2) is 0 Å². The smallest absolute Gasteiger partial charge is 0.367 e. The minimum Gasteiger partial charge on any atom is -0.461 e. The second-order valence-electron chi connectivity index (χ2n) is 1.99. The molecule has 0 bridgehead atoms. The third-order valence-corrected chi connectivity index (χ3v) is 3.09. The highest BCUT2D eigenvalue weighted by Crippen LogP contribution is 2.16. The third-order valence-electron chi connectivity index (χ3n) is 1.14. The molecule has 0 aliphatic heterocycles. The number of carbonyl (C=O) groups excluding carboxylic acids is 1. The van der Waals surface area contributed by atoms with Crippen molar-refractivity contribution < 1.29 is 9.53 Å². The van der Waals surface area contributed by atoms with Crippen LogP contribution < -0.4 is 0 Å². The molecule has 12 heavy (non-hydrogen) atoms. The van der Waals surface area contributed by atoms with Gasteiger partial charge in [0.25, 0.3) is 0 Å². The number of aromatic nitrogens is 1. The maximum atomic E-state index is 11.1. The van der Waals surface area contributed by atoms with E-state index in [4.69, 9.17) is 4.74 Å². The van der Waals surface area contributed by atoms with Crippen LogP contribution in [0.15, 0.2) is 6.20 Å². The van der Waals surface area contributed by atoms with Crippen molar-refractivity contribution >= 4 is 33.2 Å². The molecule has 0 aliphatic carbocycles. The molecule has 0 unspecified atom stereocenters. The summed E-state index contributed by atoms with van der Waals surface area (Å²) < 4.78 is 4.78. The molecule has 0 amide bonds. The lowest BCUT2D eigenvalue weighted by Gasteiger charge is -1.94. The number of hydrogen-bond acceptors (Lipinski definition) is 4. The van der Waals surface area contributed by atoms with Crippen molar-refractivity contribution in [2.24, 2.45) is 0 Å². The van der Waals surface area contributed by atoms with Gasteiger partial charge in [0.1, 0.15) is 0 Å². The predicted octanol–water partition coefficient (Wildman–Crippen LogP) is 2.21. The van der Waals surface area contributed by atoms with E-state index < -0.39 is 0 Å². The van der Waals surface area contributed by atoms with Crippen LogP contribution in [0.4, 0.5) is 0 Å². The van der Waals surface area contributed by atoms with Crippen LogP contribution in [0.5, 0.6) is 0 Å². The van der Waals surface area contributed by atoms with Crippen LogP contribution >= 0.6 is 27.3 Å². The highest BCUT2D eigenvalue weighted by atomic mass is 79.9. The molecule has 0 aliphatic rings. The number of hydrogen-bond donors (Lipinski definition) is 0. The molecule has 1 rings (SSSR count). The first-order valence-corrected chi connectivity index (χ1v) is 5.39. The van der Waals surface area contributed by atoms with E-state index in [1.54, 1.807) is 13.1 Å². The van der Waals surface area contributed by atoms with Gasteiger partial charge in [0.2, 0.25) is 5.01 Å². The summed E-state index contributed by atoms with van der Waals surface area (Å²) in [4.78, 5) is 16.0. The molecule has 0 fully saturated rings. The van der Waals surface area contributed by atoms with Gasteiger partial charge >= 0.3 is 5.97 Å². The molecule has 0 spiro atoms. The minimum atomic E-state index is -0.338. The average Bonchev–Trinajstić information content (AvgIpc) is 2.52. The Morgan fingerprint density at radius 2 is 2.58 bits per heavy atom. The van der Waals surface area contributed by atoms with Crippen LogP contribution in [0.3, 0.4) is 0 Å². The Hall–Kier alpha value is -0.420. The van der Waals surface area contributed by atoms with E-state index in [9.17, 15) is 4.79 Å². The second kappa shape index (κ2) is 4.57. The van der Waals surface area contributed by atoms with Gasteiger partial charge in [0.05, 0.1) is 6.61 Å². The highest BCUT2D eigenvalue weighted by molar-refractivity contribution is 9.08. The molecule has 3 nitrogen and oxygen atoms in total. The monoisotopic (exact) mass is 249 g/mol. The molecule has 1 heterocycles. The number of carbonyl (C=O) groups is 1. The number of halogens is 1. The Labute approximate surface area is 82.9 Å². The van der Waals surface area contributed by atoms with Gasteiger partial charge in [-0.3, -0.25) is 0 Å². The van der Waals surface area contributed by atoms with E-state index in [2.05, 4.69) is 20.9 Å². The fraction of sp³-hybridized carbons (Fsp3) is 0.429. The van der Waals surface area contributed by atoms with Crippen molar-refractivity contribution in [1.82, 2.24) is 4.98 Å². The largest absolute Gasteiger partial charge is 0.461 e. The fourth-order valence-electron chi connectivity index (χ4n) is 0.656. The summed E-state index contributed by atoms with van der Waals surface area (Å²) in [5.74, 6) is -0.338. The molecule has 0 atom stereocenters. The summed E-state index contributed by atoms with van der Waals surface area (Å²) in [5.41, 5.74) is 0. The molecule has 0 radical (unpaired) electrons. The maximum Gasteiger partial charge on any atom is 0.367 e. The zero-order chi connectivity index (χ0) is 8.97. The van der Waals surface area contributed by atoms with Crippen LogP contribution in [0.1, 0.15) is 21.6 Å². The number of nitrogens with zero attached hydrogens (tertiary/aromatic N) is 1. The summed E-state index contributed by atoms with van der Waals surface area (Å²) >= 11 is 4.63. The maximum absolute atomic E-state index is 11.1. The van der Waals surface area contributed by atoms with Gasteiger partial charge in [-0.05, 0) is 6.92 Å². The van der Waals surface area contributed by atoms with E-state index in [0.29, 0.717) is 11.6 Å². The fourth-order valence-corrected chi connectivity index (χ4v) is 1.80. The summed E-state index contributed by atoms with van der Waals surface area (Å²) in [6.45, 7) is 2.17. The van der Waals surface area contributed by atoms with Crippen LogP contribution in [-0.2, 0) is 10.1 Å². The van der Waals surface area contributed by atoms with Crippen LogP contribution in [0.2, 0.25) is 0 Å². The van der Waals surface area contributed by atoms with Gasteiger partial charge < -0.3 is 4.74 Å². The lowest BCUT2D eigenvalue weighted by atomic mass is 10.6. The van der Waals surface area contributed by atoms with E-state index in [0.717, 1.165) is 10.2 Å². The summed E-state index contributed by atoms with van der Waals surface area (Å²) in [6, 6.07) is 0. The SMILES string of the molecule is CCOC(=O)c1ncc(CBr)s1. The molecule has 0 saturated carbocycles. The molecule has 66 valence electrons. The topological polar surface area (TPSA) is 39.2 Å². The van der Waals surface area contributed by atoms with E-state index in [-0.39, 0.29) is 5.97 Å². The van der Waals surface area contributed by atoms with Crippen molar-refractivity contribution in [1.29, 1.82) is 0 Å². The predicted molar refractivity (Wildman–Crippen MR) is 50.7 cm³/mol. The van der Waals surface area contributed by atoms with Crippen molar-refractivity contribution in [2.45, 2.75) is 12.3 Å². The lowest BCUT2D eigenvalue weighted by molar-refractivity contribution is 0.0526. The van der Waals surface area contributed by atoms with Crippen molar-refractivity contribution in [2.75, 3.05) is 6.61 Å². The van der Waals surface area contributed by atoms with Gasteiger partial charge in [0, 0.05) is 16.4 Å². The Morgan fingerprint density at radius 3 is 3.08 bits per heavy atom. The lowest BCUT2D eigenvalue weighted by Crippen LogP contribution is -2.03. The Kier molecular flexibility index (Phi) is 3.68. The molecule has 0 saturated heterocycles. The number of ether oxygens (including phenoxy) is 1. The van der Waals surface area contributed by atoms with Gasteiger partial charge in [-0.25, -0.2) is 9.78 Å². The Balaban J connectivity index is 2.68. The van der Waals surface area contributed by atoms with Crippen molar-refractivity contribution in [3.05, 3.63) is 16.1 Å². The Morgan fingerprint density at radius 1 is 1.83 bits per heavy atom. The number of alkyl halides is 1. The van der Waals surface area contributed by atoms with Crippen molar-refractivity contribution in [3.63, 3.8) is 0 Å². The standard InChI is InChI=1S/C7H8BrNO2S/c1-2-11-7(10)6-9-4-5(3-8)12-6/h4H,2-3H2,1H3. The van der Waals surface area contributed by atoms with E-state index in [1.165, 1.54) is 11.3 Å². The van der Waals surface area contributed by atoms with E-state index in [1.807, 2.05) is 0 Å². The molecular weight excluding hydrogens is 242 g/mol.